The average Bonchev–Trinajstić information content (AvgIpc) is 2.99. The maximum Gasteiger partial charge on any atom is 0.332 e. The molecule has 3 aromatic rings. The van der Waals surface area contributed by atoms with E-state index in [9.17, 15) is 9.59 Å². The Labute approximate surface area is 138 Å². The molecule has 0 N–H and O–H groups in total. The van der Waals surface area contributed by atoms with E-state index < -0.39 is 0 Å². The fourth-order valence-corrected chi connectivity index (χ4v) is 3.41. The van der Waals surface area contributed by atoms with E-state index in [1.807, 2.05) is 22.8 Å². The lowest BCUT2D eigenvalue weighted by Crippen LogP contribution is -2.37. The topological polar surface area (TPSA) is 61.8 Å². The van der Waals surface area contributed by atoms with Crippen LogP contribution < -0.4 is 11.2 Å². The van der Waals surface area contributed by atoms with Crippen molar-refractivity contribution in [3.63, 3.8) is 0 Å². The van der Waals surface area contributed by atoms with Crippen LogP contribution in [0.1, 0.15) is 24.2 Å². The number of hydrogen-bond donors (Lipinski definition) is 0. The van der Waals surface area contributed by atoms with Gasteiger partial charge in [0.2, 0.25) is 0 Å². The number of fused-ring (bicyclic) bond motifs is 3. The predicted octanol–water partition coefficient (Wildman–Crippen LogP) is 1.63. The highest BCUT2D eigenvalue weighted by molar-refractivity contribution is 5.75. The van der Waals surface area contributed by atoms with Crippen LogP contribution in [0.2, 0.25) is 0 Å². The second kappa shape index (κ2) is 5.06. The van der Waals surface area contributed by atoms with Crippen molar-refractivity contribution in [2.75, 3.05) is 0 Å². The molecule has 0 bridgehead atoms. The van der Waals surface area contributed by atoms with E-state index in [4.69, 9.17) is 0 Å². The summed E-state index contributed by atoms with van der Waals surface area (Å²) < 4.78 is 4.53. The first-order valence-corrected chi connectivity index (χ1v) is 7.91. The van der Waals surface area contributed by atoms with Crippen LogP contribution in [-0.2, 0) is 20.6 Å². The molecule has 0 saturated carbocycles. The third-order valence-electron chi connectivity index (χ3n) is 4.71. The number of allylic oxidation sites excluding steroid dienone is 2. The molecule has 0 amide bonds. The first-order valence-electron chi connectivity index (χ1n) is 7.91. The van der Waals surface area contributed by atoms with E-state index in [0.29, 0.717) is 17.7 Å². The van der Waals surface area contributed by atoms with Crippen molar-refractivity contribution in [3.05, 3.63) is 68.6 Å². The second-order valence-electron chi connectivity index (χ2n) is 6.28. The molecule has 0 saturated heterocycles. The molecular weight excluding hydrogens is 304 g/mol. The summed E-state index contributed by atoms with van der Waals surface area (Å²) in [7, 11) is 3.16. The van der Waals surface area contributed by atoms with Gasteiger partial charge in [0, 0.05) is 26.6 Å². The summed E-state index contributed by atoms with van der Waals surface area (Å²) in [6.45, 7) is 2.63. The molecule has 24 heavy (non-hydrogen) atoms. The van der Waals surface area contributed by atoms with E-state index >= 15 is 0 Å². The zero-order valence-electron chi connectivity index (χ0n) is 13.9. The molecular formula is C18H18N4O2. The minimum atomic E-state index is -0.355. The van der Waals surface area contributed by atoms with Crippen LogP contribution in [0.25, 0.3) is 16.7 Å². The van der Waals surface area contributed by atoms with E-state index in [-0.39, 0.29) is 17.2 Å². The van der Waals surface area contributed by atoms with Gasteiger partial charge >= 0.3 is 5.69 Å². The highest BCUT2D eigenvalue weighted by Gasteiger charge is 2.25. The van der Waals surface area contributed by atoms with Crippen molar-refractivity contribution in [1.29, 1.82) is 0 Å². The molecule has 4 rings (SSSR count). The summed E-state index contributed by atoms with van der Waals surface area (Å²) in [5, 5.41) is 0. The summed E-state index contributed by atoms with van der Waals surface area (Å²) in [5.74, 6) is 0.893. The maximum absolute atomic E-state index is 12.7. The van der Waals surface area contributed by atoms with Gasteiger partial charge in [-0.05, 0) is 11.1 Å². The highest BCUT2D eigenvalue weighted by Crippen LogP contribution is 2.31. The molecule has 0 aliphatic carbocycles. The van der Waals surface area contributed by atoms with Gasteiger partial charge in [0.1, 0.15) is 5.82 Å². The van der Waals surface area contributed by atoms with E-state index in [2.05, 4.69) is 30.1 Å². The van der Waals surface area contributed by atoms with Gasteiger partial charge in [-0.25, -0.2) is 9.78 Å². The van der Waals surface area contributed by atoms with Crippen LogP contribution in [0.4, 0.5) is 0 Å². The Morgan fingerprint density at radius 1 is 1.08 bits per heavy atom. The lowest BCUT2D eigenvalue weighted by Gasteiger charge is -2.21. The standard InChI is InChI=1S/C18H18N4O2/c1-11-9-13(12-7-5-4-6-8-12)10-22-14-16(19-15(11)22)20(2)18(24)21(3)17(14)23/h4-9,11H,10H2,1-3H3. The van der Waals surface area contributed by atoms with E-state index in [1.54, 1.807) is 7.05 Å². The number of imidazole rings is 1. The molecule has 0 fully saturated rings. The van der Waals surface area contributed by atoms with Gasteiger partial charge in [0.05, 0.1) is 0 Å². The SMILES string of the molecule is CC1C=C(c2ccccc2)Cn2c1nc1c2c(=O)n(C)c(=O)n1C. The van der Waals surface area contributed by atoms with Gasteiger partial charge in [0.15, 0.2) is 11.2 Å². The fourth-order valence-electron chi connectivity index (χ4n) is 3.41. The minimum Gasteiger partial charge on any atom is -0.317 e. The molecule has 0 spiro atoms. The zero-order chi connectivity index (χ0) is 17.0. The molecule has 3 heterocycles. The molecule has 1 unspecified atom stereocenters. The lowest BCUT2D eigenvalue weighted by molar-refractivity contribution is 0.692. The Hall–Kier alpha value is -2.89. The largest absolute Gasteiger partial charge is 0.332 e. The Kier molecular flexibility index (Phi) is 3.09. The van der Waals surface area contributed by atoms with Crippen LogP contribution in [0.15, 0.2) is 46.0 Å². The third-order valence-corrected chi connectivity index (χ3v) is 4.71. The predicted molar refractivity (Wildman–Crippen MR) is 93.0 cm³/mol. The number of aryl methyl sites for hydroxylation is 1. The normalized spacial score (nSPS) is 17.0. The molecule has 1 atom stereocenters. The fraction of sp³-hybridized carbons (Fsp3) is 0.278. The van der Waals surface area contributed by atoms with Crippen molar-refractivity contribution in [2.24, 2.45) is 14.1 Å². The molecule has 122 valence electrons. The average molecular weight is 322 g/mol. The number of nitrogens with zero attached hydrogens (tertiary/aromatic N) is 4. The van der Waals surface area contributed by atoms with Crippen molar-refractivity contribution >= 4 is 16.7 Å². The first-order chi connectivity index (χ1) is 11.5. The molecule has 2 aromatic heterocycles. The van der Waals surface area contributed by atoms with Gasteiger partial charge in [-0.2, -0.15) is 0 Å². The Morgan fingerprint density at radius 2 is 1.79 bits per heavy atom. The van der Waals surface area contributed by atoms with E-state index in [1.165, 1.54) is 11.6 Å². The summed E-state index contributed by atoms with van der Waals surface area (Å²) in [6, 6.07) is 10.1. The summed E-state index contributed by atoms with van der Waals surface area (Å²) in [6.07, 6.45) is 2.18. The molecule has 1 aliphatic rings. The Balaban J connectivity index is 1.99. The minimum absolute atomic E-state index is 0.0705. The third kappa shape index (κ3) is 1.92. The van der Waals surface area contributed by atoms with Gasteiger partial charge in [0.25, 0.3) is 5.56 Å². The van der Waals surface area contributed by atoms with Crippen LogP contribution in [0, 0.1) is 0 Å². The Bertz CT molecular complexity index is 1100. The molecule has 6 nitrogen and oxygen atoms in total. The molecule has 1 aliphatic heterocycles. The Morgan fingerprint density at radius 3 is 2.50 bits per heavy atom. The summed E-state index contributed by atoms with van der Waals surface area (Å²) >= 11 is 0. The number of benzene rings is 1. The van der Waals surface area contributed by atoms with Gasteiger partial charge in [-0.1, -0.05) is 43.3 Å². The maximum atomic E-state index is 12.7. The molecule has 1 aromatic carbocycles. The van der Waals surface area contributed by atoms with E-state index in [0.717, 1.165) is 21.5 Å². The van der Waals surface area contributed by atoms with Crippen LogP contribution in [-0.4, -0.2) is 18.7 Å². The van der Waals surface area contributed by atoms with Gasteiger partial charge in [-0.15, -0.1) is 0 Å². The van der Waals surface area contributed by atoms with Crippen molar-refractivity contribution in [1.82, 2.24) is 18.7 Å². The number of aromatic nitrogens is 4. The quantitative estimate of drug-likeness (QED) is 0.684. The lowest BCUT2D eigenvalue weighted by atomic mass is 9.97. The van der Waals surface area contributed by atoms with Crippen LogP contribution in [0.5, 0.6) is 0 Å². The summed E-state index contributed by atoms with van der Waals surface area (Å²) in [5.41, 5.74) is 2.58. The summed E-state index contributed by atoms with van der Waals surface area (Å²) in [4.78, 5) is 29.4. The molecule has 0 radical (unpaired) electrons. The highest BCUT2D eigenvalue weighted by atomic mass is 16.2. The number of hydrogen-bond acceptors (Lipinski definition) is 3. The number of rotatable bonds is 1. The van der Waals surface area contributed by atoms with Gasteiger partial charge in [-0.3, -0.25) is 13.9 Å². The smallest absolute Gasteiger partial charge is 0.317 e. The van der Waals surface area contributed by atoms with Gasteiger partial charge < -0.3 is 4.57 Å². The first kappa shape index (κ1) is 14.7. The van der Waals surface area contributed by atoms with Crippen molar-refractivity contribution in [3.8, 4) is 0 Å². The van der Waals surface area contributed by atoms with Crippen molar-refractivity contribution in [2.45, 2.75) is 19.4 Å². The van der Waals surface area contributed by atoms with Crippen molar-refractivity contribution < 1.29 is 0 Å². The van der Waals surface area contributed by atoms with Crippen LogP contribution >= 0.6 is 0 Å². The zero-order valence-corrected chi connectivity index (χ0v) is 13.9. The monoisotopic (exact) mass is 322 g/mol. The second-order valence-corrected chi connectivity index (χ2v) is 6.28. The van der Waals surface area contributed by atoms with Crippen LogP contribution in [0.3, 0.4) is 0 Å². The molecule has 6 heteroatoms.